The number of nitrogens with zero attached hydrogens (tertiary/aromatic N) is 7. The van der Waals surface area contributed by atoms with Gasteiger partial charge in [-0.05, 0) is 48.4 Å². The minimum Gasteiger partial charge on any atom is -0.369 e. The molecule has 196 valence electrons. The number of hydrogen-bond donors (Lipinski definition) is 2. The van der Waals surface area contributed by atoms with Crippen LogP contribution in [0.15, 0.2) is 59.3 Å². The number of nitrogens with one attached hydrogen (secondary N) is 2. The van der Waals surface area contributed by atoms with Crippen molar-refractivity contribution in [2.45, 2.75) is 19.6 Å². The third-order valence-electron chi connectivity index (χ3n) is 6.14. The molecule has 0 bridgehead atoms. The number of aryl methyl sites for hydroxylation is 1. The Hall–Kier alpha value is -4.72. The summed E-state index contributed by atoms with van der Waals surface area (Å²) < 4.78 is 41.3. The molecule has 0 saturated heterocycles. The van der Waals surface area contributed by atoms with Gasteiger partial charge in [0.15, 0.2) is 0 Å². The number of hydrogen-bond acceptors (Lipinski definition) is 9. The fourth-order valence-corrected chi connectivity index (χ4v) is 4.75. The first kappa shape index (κ1) is 24.6. The van der Waals surface area contributed by atoms with E-state index in [-0.39, 0.29) is 11.3 Å². The summed E-state index contributed by atoms with van der Waals surface area (Å²) in [7, 11) is 0. The van der Waals surface area contributed by atoms with Crippen LogP contribution in [0.3, 0.4) is 0 Å². The molecule has 14 heteroatoms. The molecule has 3 aliphatic heterocycles. The van der Waals surface area contributed by atoms with Gasteiger partial charge in [-0.3, -0.25) is 9.78 Å². The molecule has 0 fully saturated rings. The highest BCUT2D eigenvalue weighted by molar-refractivity contribution is 7.13. The van der Waals surface area contributed by atoms with E-state index in [1.54, 1.807) is 23.8 Å². The molecule has 2 N–H and O–H groups in total. The Morgan fingerprint density at radius 2 is 2.03 bits per heavy atom. The number of aromatic nitrogens is 6. The number of alkyl halides is 3. The van der Waals surface area contributed by atoms with E-state index in [1.165, 1.54) is 11.3 Å². The summed E-state index contributed by atoms with van der Waals surface area (Å²) in [4.78, 5) is 29.9. The highest BCUT2D eigenvalue weighted by Gasteiger charge is 2.31. The van der Waals surface area contributed by atoms with E-state index in [2.05, 4.69) is 40.8 Å². The monoisotopic (exact) mass is 549 g/mol. The Morgan fingerprint density at radius 3 is 2.82 bits per heavy atom. The number of carbonyl (C=O) groups excluding carboxylic acids is 1. The summed E-state index contributed by atoms with van der Waals surface area (Å²) in [6.07, 6.45) is -1.92. The predicted octanol–water partition coefficient (Wildman–Crippen LogP) is 4.53. The fourth-order valence-electron chi connectivity index (χ4n) is 4.34. The quantitative estimate of drug-likeness (QED) is 0.338. The van der Waals surface area contributed by atoms with Crippen LogP contribution in [0.25, 0.3) is 22.5 Å². The lowest BCUT2D eigenvalue weighted by molar-refractivity contribution is -0.137. The highest BCUT2D eigenvalue weighted by Crippen LogP contribution is 2.39. The maximum absolute atomic E-state index is 13.1. The Labute approximate surface area is 222 Å². The molecule has 0 saturated carbocycles. The minimum absolute atomic E-state index is 0.276. The zero-order valence-electron chi connectivity index (χ0n) is 20.2. The lowest BCUT2D eigenvalue weighted by atomic mass is 9.98. The third kappa shape index (κ3) is 4.81. The summed E-state index contributed by atoms with van der Waals surface area (Å²) in [5.74, 6) is 0.802. The van der Waals surface area contributed by atoms with Crippen molar-refractivity contribution >= 4 is 33.9 Å². The summed E-state index contributed by atoms with van der Waals surface area (Å²) in [5, 5.41) is 14.2. The fraction of sp³-hybridized carbons (Fsp3) is 0.160. The molecule has 39 heavy (non-hydrogen) atoms. The van der Waals surface area contributed by atoms with E-state index < -0.39 is 17.6 Å². The number of halogens is 3. The zero-order valence-corrected chi connectivity index (χ0v) is 21.0. The molecule has 3 aromatic rings. The number of amides is 1. The van der Waals surface area contributed by atoms with Crippen LogP contribution in [0.2, 0.25) is 0 Å². The van der Waals surface area contributed by atoms with Gasteiger partial charge in [0.2, 0.25) is 5.13 Å². The predicted molar refractivity (Wildman–Crippen MR) is 138 cm³/mol. The van der Waals surface area contributed by atoms with Gasteiger partial charge < -0.3 is 15.2 Å². The second-order valence-corrected chi connectivity index (χ2v) is 9.49. The molecule has 0 aliphatic carbocycles. The van der Waals surface area contributed by atoms with Crippen molar-refractivity contribution in [2.24, 2.45) is 4.99 Å². The first-order valence-electron chi connectivity index (χ1n) is 11.7. The van der Waals surface area contributed by atoms with Crippen molar-refractivity contribution in [2.75, 3.05) is 17.2 Å². The van der Waals surface area contributed by atoms with Crippen LogP contribution in [0.4, 0.5) is 29.8 Å². The molecule has 1 aromatic carbocycles. The second kappa shape index (κ2) is 9.54. The first-order valence-corrected chi connectivity index (χ1v) is 12.6. The smallest absolute Gasteiger partial charge is 0.369 e. The zero-order chi connectivity index (χ0) is 27.1. The van der Waals surface area contributed by atoms with Gasteiger partial charge >= 0.3 is 6.18 Å². The van der Waals surface area contributed by atoms with Crippen LogP contribution < -0.4 is 16.3 Å². The summed E-state index contributed by atoms with van der Waals surface area (Å²) in [6.45, 7) is 3.30. The van der Waals surface area contributed by atoms with E-state index >= 15 is 0 Å². The first-order chi connectivity index (χ1) is 18.8. The van der Waals surface area contributed by atoms with Gasteiger partial charge in [0.1, 0.15) is 22.8 Å². The molecule has 10 nitrogen and oxygen atoms in total. The largest absolute Gasteiger partial charge is 0.416 e. The Balaban J connectivity index is 1.38. The van der Waals surface area contributed by atoms with Gasteiger partial charge in [0, 0.05) is 42.3 Å². The molecular formula is C25H18F3N9OS. The molecule has 0 spiro atoms. The maximum Gasteiger partial charge on any atom is 0.416 e. The van der Waals surface area contributed by atoms with E-state index in [1.807, 2.05) is 23.6 Å². The molecule has 5 heterocycles. The van der Waals surface area contributed by atoms with Crippen molar-refractivity contribution in [1.82, 2.24) is 29.7 Å². The standard InChI is InChI=1S/C25H18F3N9OS/c1-13-2-3-16(33-22(38)19-9-15(4-5-29-19)25(26,27)28)10-17(13)18-8-14-11-31-23(35-24-36-32-12-39-24)34-20(14)37-7-6-30-21(18)37/h2-5,8-12,30H,6-7H2,1H3,(H,33,38)/b35-23-. The molecule has 0 unspecified atom stereocenters. The molecule has 3 aliphatic rings. The second-order valence-electron chi connectivity index (χ2n) is 8.68. The average Bonchev–Trinajstić information content (AvgIpc) is 3.62. The lowest BCUT2D eigenvalue weighted by Gasteiger charge is -2.19. The molecular weight excluding hydrogens is 531 g/mol. The van der Waals surface area contributed by atoms with Crippen molar-refractivity contribution in [1.29, 1.82) is 0 Å². The average molecular weight is 550 g/mol. The number of pyridine rings is 2. The Morgan fingerprint density at radius 1 is 1.15 bits per heavy atom. The van der Waals surface area contributed by atoms with Crippen LogP contribution in [-0.4, -0.2) is 42.2 Å². The van der Waals surface area contributed by atoms with Gasteiger partial charge in [-0.2, -0.15) is 23.1 Å². The number of benzene rings is 1. The Kier molecular flexibility index (Phi) is 6.02. The normalized spacial score (nSPS) is 13.4. The van der Waals surface area contributed by atoms with E-state index in [0.717, 1.165) is 46.4 Å². The van der Waals surface area contributed by atoms with Gasteiger partial charge in [-0.25, -0.2) is 4.98 Å². The van der Waals surface area contributed by atoms with E-state index in [9.17, 15) is 18.0 Å². The van der Waals surface area contributed by atoms with Crippen LogP contribution in [0, 0.1) is 6.92 Å². The number of rotatable bonds is 4. The van der Waals surface area contributed by atoms with Crippen LogP contribution >= 0.6 is 11.3 Å². The number of anilines is 2. The van der Waals surface area contributed by atoms with Crippen molar-refractivity contribution in [3.8, 4) is 22.5 Å². The molecule has 2 aromatic heterocycles. The van der Waals surface area contributed by atoms with Gasteiger partial charge in [-0.15, -0.1) is 10.2 Å². The third-order valence-corrected chi connectivity index (χ3v) is 6.72. The summed E-state index contributed by atoms with van der Waals surface area (Å²) in [5.41, 5.74) is 4.41. The van der Waals surface area contributed by atoms with Gasteiger partial charge in [0.25, 0.3) is 11.5 Å². The van der Waals surface area contributed by atoms with E-state index in [0.29, 0.717) is 29.7 Å². The van der Waals surface area contributed by atoms with Crippen molar-refractivity contribution < 1.29 is 18.0 Å². The van der Waals surface area contributed by atoms with Crippen molar-refractivity contribution in [3.05, 3.63) is 76.7 Å². The SMILES string of the molecule is Cc1ccc(NC(=O)c2cc(C(F)(F)F)ccn2)cc1-c1cc2cn/c(=N/c3nncs3)nc-2n2c1NCC2. The van der Waals surface area contributed by atoms with Gasteiger partial charge in [-0.1, -0.05) is 17.4 Å². The van der Waals surface area contributed by atoms with Crippen LogP contribution in [-0.2, 0) is 12.7 Å². The Bertz CT molecular complexity index is 1750. The van der Waals surface area contributed by atoms with E-state index in [4.69, 9.17) is 0 Å². The summed E-state index contributed by atoms with van der Waals surface area (Å²) in [6, 6.07) is 8.81. The van der Waals surface area contributed by atoms with Crippen LogP contribution in [0.1, 0.15) is 21.6 Å². The number of carbonyl (C=O) groups is 1. The van der Waals surface area contributed by atoms with Crippen molar-refractivity contribution in [3.63, 3.8) is 0 Å². The summed E-state index contributed by atoms with van der Waals surface area (Å²) >= 11 is 1.28. The molecule has 0 atom stereocenters. The maximum atomic E-state index is 13.1. The molecule has 0 radical (unpaired) electrons. The highest BCUT2D eigenvalue weighted by atomic mass is 32.1. The molecule has 1 amide bonds. The topological polar surface area (TPSA) is 123 Å². The number of fused-ring (bicyclic) bond motifs is 3. The molecule has 6 rings (SSSR count). The minimum atomic E-state index is -4.58. The van der Waals surface area contributed by atoms with Crippen LogP contribution in [0.5, 0.6) is 0 Å². The van der Waals surface area contributed by atoms with Gasteiger partial charge in [0.05, 0.1) is 5.56 Å². The lowest BCUT2D eigenvalue weighted by Crippen LogP contribution is -2.17.